The summed E-state index contributed by atoms with van der Waals surface area (Å²) in [5.41, 5.74) is 6.06. The van der Waals surface area contributed by atoms with Gasteiger partial charge in [0, 0.05) is 6.42 Å². The van der Waals surface area contributed by atoms with E-state index in [4.69, 9.17) is 10.5 Å². The second kappa shape index (κ2) is 6.40. The van der Waals surface area contributed by atoms with Crippen molar-refractivity contribution in [1.29, 1.82) is 0 Å². The average Bonchev–Trinajstić information content (AvgIpc) is 2.42. The number of hydrogen-bond donors (Lipinski definition) is 1. The lowest BCUT2D eigenvalue weighted by molar-refractivity contribution is -0.117. The molecule has 0 saturated heterocycles. The number of amides is 1. The SMILES string of the molecule is NC(=O)CC=Cc1ccc(Oc2ccccc2)cc1. The van der Waals surface area contributed by atoms with Gasteiger partial charge in [0.05, 0.1) is 0 Å². The Morgan fingerprint density at radius 1 is 1.00 bits per heavy atom. The lowest BCUT2D eigenvalue weighted by Crippen LogP contribution is -2.07. The molecule has 2 rings (SSSR count). The molecule has 0 atom stereocenters. The number of carbonyl (C=O) groups is 1. The van der Waals surface area contributed by atoms with E-state index in [1.807, 2.05) is 60.7 Å². The lowest BCUT2D eigenvalue weighted by Gasteiger charge is -2.05. The van der Waals surface area contributed by atoms with Crippen LogP contribution >= 0.6 is 0 Å². The molecular weight excluding hydrogens is 238 g/mol. The predicted octanol–water partition coefficient (Wildman–Crippen LogP) is 3.37. The predicted molar refractivity (Wildman–Crippen MR) is 75.8 cm³/mol. The normalized spacial score (nSPS) is 10.5. The van der Waals surface area contributed by atoms with Crippen LogP contribution in [0.2, 0.25) is 0 Å². The monoisotopic (exact) mass is 253 g/mol. The summed E-state index contributed by atoms with van der Waals surface area (Å²) in [6, 6.07) is 17.2. The highest BCUT2D eigenvalue weighted by Gasteiger charge is 1.96. The molecule has 0 bridgehead atoms. The Balaban J connectivity index is 1.98. The molecule has 0 heterocycles. The fourth-order valence-electron chi connectivity index (χ4n) is 1.58. The maximum atomic E-state index is 10.6. The third-order valence-electron chi connectivity index (χ3n) is 2.49. The highest BCUT2D eigenvalue weighted by Crippen LogP contribution is 2.21. The molecule has 2 aromatic rings. The van der Waals surface area contributed by atoms with E-state index in [0.717, 1.165) is 17.1 Å². The first-order chi connectivity index (χ1) is 9.24. The Kier molecular flexibility index (Phi) is 4.34. The number of hydrogen-bond acceptors (Lipinski definition) is 2. The summed E-state index contributed by atoms with van der Waals surface area (Å²) >= 11 is 0. The summed E-state index contributed by atoms with van der Waals surface area (Å²) < 4.78 is 5.68. The maximum absolute atomic E-state index is 10.6. The van der Waals surface area contributed by atoms with Gasteiger partial charge in [0.1, 0.15) is 11.5 Å². The first-order valence-electron chi connectivity index (χ1n) is 6.02. The van der Waals surface area contributed by atoms with Crippen LogP contribution in [0.25, 0.3) is 6.08 Å². The molecule has 0 aliphatic heterocycles. The molecule has 0 unspecified atom stereocenters. The number of rotatable bonds is 5. The van der Waals surface area contributed by atoms with Gasteiger partial charge in [-0.2, -0.15) is 0 Å². The van der Waals surface area contributed by atoms with Crippen molar-refractivity contribution in [1.82, 2.24) is 0 Å². The summed E-state index contributed by atoms with van der Waals surface area (Å²) in [5.74, 6) is 1.25. The van der Waals surface area contributed by atoms with Crippen LogP contribution in [0, 0.1) is 0 Å². The third kappa shape index (κ3) is 4.32. The highest BCUT2D eigenvalue weighted by atomic mass is 16.5. The zero-order valence-corrected chi connectivity index (χ0v) is 10.5. The van der Waals surface area contributed by atoms with Crippen molar-refractivity contribution < 1.29 is 9.53 Å². The first-order valence-corrected chi connectivity index (χ1v) is 6.02. The van der Waals surface area contributed by atoms with Gasteiger partial charge in [-0.05, 0) is 29.8 Å². The zero-order valence-electron chi connectivity index (χ0n) is 10.5. The molecule has 0 radical (unpaired) electrons. The standard InChI is InChI=1S/C16H15NO2/c17-16(18)8-4-5-13-9-11-15(12-10-13)19-14-6-2-1-3-7-14/h1-7,9-12H,8H2,(H2,17,18). The van der Waals surface area contributed by atoms with Gasteiger partial charge in [0.25, 0.3) is 0 Å². The van der Waals surface area contributed by atoms with Crippen LogP contribution < -0.4 is 10.5 Å². The molecule has 0 aromatic heterocycles. The van der Waals surface area contributed by atoms with Crippen LogP contribution in [-0.4, -0.2) is 5.91 Å². The number of primary amides is 1. The van der Waals surface area contributed by atoms with E-state index in [0.29, 0.717) is 0 Å². The van der Waals surface area contributed by atoms with E-state index < -0.39 is 0 Å². The Labute approximate surface area is 112 Å². The van der Waals surface area contributed by atoms with Crippen LogP contribution in [0.15, 0.2) is 60.7 Å². The van der Waals surface area contributed by atoms with Gasteiger partial charge in [-0.15, -0.1) is 0 Å². The second-order valence-corrected chi connectivity index (χ2v) is 4.06. The van der Waals surface area contributed by atoms with E-state index in [2.05, 4.69) is 0 Å². The fourth-order valence-corrected chi connectivity index (χ4v) is 1.58. The molecule has 0 fully saturated rings. The zero-order chi connectivity index (χ0) is 13.5. The quantitative estimate of drug-likeness (QED) is 0.888. The van der Waals surface area contributed by atoms with Crippen molar-refractivity contribution in [2.24, 2.45) is 5.73 Å². The third-order valence-corrected chi connectivity index (χ3v) is 2.49. The van der Waals surface area contributed by atoms with Crippen molar-refractivity contribution in [3.63, 3.8) is 0 Å². The second-order valence-electron chi connectivity index (χ2n) is 4.06. The summed E-state index contributed by atoms with van der Waals surface area (Å²) in [6.45, 7) is 0. The van der Waals surface area contributed by atoms with Crippen LogP contribution in [0.4, 0.5) is 0 Å². The number of para-hydroxylation sites is 1. The number of carbonyl (C=O) groups excluding carboxylic acids is 1. The first kappa shape index (κ1) is 12.9. The molecule has 3 heteroatoms. The van der Waals surface area contributed by atoms with Gasteiger partial charge in [0.15, 0.2) is 0 Å². The molecule has 0 aliphatic rings. The van der Waals surface area contributed by atoms with Crippen molar-refractivity contribution in [3.8, 4) is 11.5 Å². The van der Waals surface area contributed by atoms with Gasteiger partial charge < -0.3 is 10.5 Å². The lowest BCUT2D eigenvalue weighted by atomic mass is 10.2. The van der Waals surface area contributed by atoms with Crippen molar-refractivity contribution in [2.45, 2.75) is 6.42 Å². The Morgan fingerprint density at radius 3 is 2.26 bits per heavy atom. The molecule has 0 saturated carbocycles. The van der Waals surface area contributed by atoms with Crippen molar-refractivity contribution in [3.05, 3.63) is 66.2 Å². The van der Waals surface area contributed by atoms with E-state index in [1.165, 1.54) is 0 Å². The molecule has 0 aliphatic carbocycles. The van der Waals surface area contributed by atoms with Crippen LogP contribution in [0.1, 0.15) is 12.0 Å². The average molecular weight is 253 g/mol. The molecule has 0 spiro atoms. The maximum Gasteiger partial charge on any atom is 0.221 e. The Morgan fingerprint density at radius 2 is 1.63 bits per heavy atom. The summed E-state index contributed by atoms with van der Waals surface area (Å²) in [4.78, 5) is 10.6. The van der Waals surface area contributed by atoms with Crippen LogP contribution in [0.5, 0.6) is 11.5 Å². The molecule has 2 aromatic carbocycles. The van der Waals surface area contributed by atoms with Crippen LogP contribution in [-0.2, 0) is 4.79 Å². The number of nitrogens with two attached hydrogens (primary N) is 1. The smallest absolute Gasteiger partial charge is 0.221 e. The number of ether oxygens (including phenoxy) is 1. The van der Waals surface area contributed by atoms with E-state index in [-0.39, 0.29) is 12.3 Å². The van der Waals surface area contributed by atoms with Gasteiger partial charge in [-0.3, -0.25) is 4.79 Å². The van der Waals surface area contributed by atoms with E-state index >= 15 is 0 Å². The Bertz CT molecular complexity index is 559. The minimum Gasteiger partial charge on any atom is -0.457 e. The van der Waals surface area contributed by atoms with Gasteiger partial charge >= 0.3 is 0 Å². The summed E-state index contributed by atoms with van der Waals surface area (Å²) in [6.07, 6.45) is 3.86. The summed E-state index contributed by atoms with van der Waals surface area (Å²) in [5, 5.41) is 0. The summed E-state index contributed by atoms with van der Waals surface area (Å²) in [7, 11) is 0. The molecule has 1 amide bonds. The number of benzene rings is 2. The molecule has 96 valence electrons. The van der Waals surface area contributed by atoms with Crippen molar-refractivity contribution in [2.75, 3.05) is 0 Å². The highest BCUT2D eigenvalue weighted by molar-refractivity contribution is 5.76. The molecule has 19 heavy (non-hydrogen) atoms. The topological polar surface area (TPSA) is 52.3 Å². The molecule has 3 nitrogen and oxygen atoms in total. The van der Waals surface area contributed by atoms with E-state index in [1.54, 1.807) is 6.08 Å². The van der Waals surface area contributed by atoms with Crippen molar-refractivity contribution >= 4 is 12.0 Å². The Hall–Kier alpha value is -2.55. The minimum atomic E-state index is -0.333. The fraction of sp³-hybridized carbons (Fsp3) is 0.0625. The van der Waals surface area contributed by atoms with E-state index in [9.17, 15) is 4.79 Å². The largest absolute Gasteiger partial charge is 0.457 e. The van der Waals surface area contributed by atoms with Gasteiger partial charge in [-0.25, -0.2) is 0 Å². The van der Waals surface area contributed by atoms with Crippen LogP contribution in [0.3, 0.4) is 0 Å². The minimum absolute atomic E-state index is 0.252. The molecular formula is C16H15NO2. The molecule has 2 N–H and O–H groups in total. The van der Waals surface area contributed by atoms with Gasteiger partial charge in [0.2, 0.25) is 5.91 Å². The van der Waals surface area contributed by atoms with Gasteiger partial charge in [-0.1, -0.05) is 42.5 Å².